The Kier molecular flexibility index (Phi) is 4.45. The van der Waals surface area contributed by atoms with E-state index >= 15 is 0 Å². The van der Waals surface area contributed by atoms with Crippen LogP contribution in [0, 0.1) is 0 Å². The summed E-state index contributed by atoms with van der Waals surface area (Å²) in [4.78, 5) is 24.4. The molecule has 1 saturated heterocycles. The van der Waals surface area contributed by atoms with Crippen LogP contribution in [0.2, 0.25) is 0 Å². The lowest BCUT2D eigenvalue weighted by atomic mass is 10.3. The van der Waals surface area contributed by atoms with Crippen molar-refractivity contribution in [2.75, 3.05) is 25.0 Å². The summed E-state index contributed by atoms with van der Waals surface area (Å²) in [5.74, 6) is 0.502. The second kappa shape index (κ2) is 6.27. The minimum atomic E-state index is -0.444. The summed E-state index contributed by atoms with van der Waals surface area (Å²) in [7, 11) is 0. The molecule has 0 radical (unpaired) electrons. The Morgan fingerprint density at radius 1 is 1.40 bits per heavy atom. The van der Waals surface area contributed by atoms with E-state index in [1.165, 1.54) is 4.90 Å². The van der Waals surface area contributed by atoms with E-state index in [0.717, 1.165) is 5.75 Å². The van der Waals surface area contributed by atoms with Gasteiger partial charge >= 0.3 is 6.09 Å². The predicted octanol–water partition coefficient (Wildman–Crippen LogP) is 1.86. The van der Waals surface area contributed by atoms with Gasteiger partial charge in [0.25, 0.3) is 0 Å². The van der Waals surface area contributed by atoms with Crippen LogP contribution >= 0.6 is 0 Å². The van der Waals surface area contributed by atoms with E-state index in [4.69, 9.17) is 9.47 Å². The van der Waals surface area contributed by atoms with Crippen LogP contribution < -0.4 is 10.1 Å². The predicted molar refractivity (Wildman–Crippen MR) is 73.8 cm³/mol. The van der Waals surface area contributed by atoms with E-state index in [-0.39, 0.29) is 18.6 Å². The molecule has 1 heterocycles. The van der Waals surface area contributed by atoms with Crippen molar-refractivity contribution in [1.29, 1.82) is 0 Å². The van der Waals surface area contributed by atoms with Crippen molar-refractivity contribution in [2.45, 2.75) is 20.0 Å². The number of carbonyl (C=O) groups is 2. The van der Waals surface area contributed by atoms with E-state index in [9.17, 15) is 9.59 Å². The molecule has 2 amide bonds. The maximum atomic E-state index is 11.8. The van der Waals surface area contributed by atoms with Gasteiger partial charge in [0, 0.05) is 5.69 Å². The van der Waals surface area contributed by atoms with Crippen molar-refractivity contribution < 1.29 is 19.1 Å². The molecule has 1 aromatic rings. The molecule has 0 aromatic heterocycles. The Hall–Kier alpha value is -2.24. The highest BCUT2D eigenvalue weighted by molar-refractivity contribution is 5.94. The summed E-state index contributed by atoms with van der Waals surface area (Å²) in [6.07, 6.45) is -0.336. The molecule has 20 heavy (non-hydrogen) atoms. The molecule has 1 aliphatic rings. The number of ether oxygens (including phenoxy) is 2. The van der Waals surface area contributed by atoms with Gasteiger partial charge in [-0.25, -0.2) is 4.79 Å². The molecule has 0 atom stereocenters. The zero-order valence-electron chi connectivity index (χ0n) is 11.6. The Morgan fingerprint density at radius 3 is 2.65 bits per heavy atom. The smallest absolute Gasteiger partial charge is 0.410 e. The lowest BCUT2D eigenvalue weighted by Crippen LogP contribution is -2.33. The van der Waals surface area contributed by atoms with E-state index in [0.29, 0.717) is 18.8 Å². The molecule has 1 aliphatic heterocycles. The van der Waals surface area contributed by atoms with Gasteiger partial charge in [0.15, 0.2) is 0 Å². The minimum absolute atomic E-state index is 0.00305. The summed E-state index contributed by atoms with van der Waals surface area (Å²) in [5.41, 5.74) is 0.665. The third kappa shape index (κ3) is 3.88. The summed E-state index contributed by atoms with van der Waals surface area (Å²) in [6.45, 7) is 4.69. The van der Waals surface area contributed by atoms with Crippen LogP contribution in [0.25, 0.3) is 0 Å². The lowest BCUT2D eigenvalue weighted by molar-refractivity contribution is -0.116. The minimum Gasteiger partial charge on any atom is -0.491 e. The van der Waals surface area contributed by atoms with Crippen LogP contribution in [-0.4, -0.2) is 42.7 Å². The van der Waals surface area contributed by atoms with Crippen molar-refractivity contribution >= 4 is 17.7 Å². The third-order valence-electron chi connectivity index (χ3n) is 2.69. The van der Waals surface area contributed by atoms with Crippen LogP contribution in [0.3, 0.4) is 0 Å². The zero-order valence-corrected chi connectivity index (χ0v) is 11.6. The van der Waals surface area contributed by atoms with Crippen molar-refractivity contribution in [3.63, 3.8) is 0 Å². The average molecular weight is 278 g/mol. The molecule has 108 valence electrons. The van der Waals surface area contributed by atoms with E-state index < -0.39 is 6.09 Å². The largest absolute Gasteiger partial charge is 0.491 e. The van der Waals surface area contributed by atoms with Gasteiger partial charge in [0.1, 0.15) is 18.9 Å². The van der Waals surface area contributed by atoms with Gasteiger partial charge < -0.3 is 14.8 Å². The highest BCUT2D eigenvalue weighted by atomic mass is 16.6. The molecule has 0 saturated carbocycles. The molecule has 6 heteroatoms. The van der Waals surface area contributed by atoms with E-state index in [1.54, 1.807) is 24.3 Å². The van der Waals surface area contributed by atoms with Gasteiger partial charge in [-0.05, 0) is 38.1 Å². The quantitative estimate of drug-likeness (QED) is 0.892. The number of anilines is 1. The molecular weight excluding hydrogens is 260 g/mol. The summed E-state index contributed by atoms with van der Waals surface area (Å²) in [5, 5.41) is 2.73. The average Bonchev–Trinajstić information content (AvgIpc) is 2.77. The van der Waals surface area contributed by atoms with E-state index in [1.807, 2.05) is 13.8 Å². The topological polar surface area (TPSA) is 67.9 Å². The highest BCUT2D eigenvalue weighted by Gasteiger charge is 2.23. The van der Waals surface area contributed by atoms with Gasteiger partial charge in [-0.1, -0.05) is 0 Å². The Balaban J connectivity index is 1.86. The van der Waals surface area contributed by atoms with Gasteiger partial charge in [0.05, 0.1) is 12.6 Å². The van der Waals surface area contributed by atoms with Crippen molar-refractivity contribution in [1.82, 2.24) is 4.90 Å². The van der Waals surface area contributed by atoms with Gasteiger partial charge in [-0.2, -0.15) is 0 Å². The second-order valence-electron chi connectivity index (χ2n) is 4.78. The first-order valence-electron chi connectivity index (χ1n) is 6.53. The maximum absolute atomic E-state index is 11.8. The molecule has 0 unspecified atom stereocenters. The number of amides is 2. The molecule has 0 spiro atoms. The van der Waals surface area contributed by atoms with Crippen LogP contribution in [0.1, 0.15) is 13.8 Å². The monoisotopic (exact) mass is 278 g/mol. The van der Waals surface area contributed by atoms with Crippen LogP contribution in [0.15, 0.2) is 24.3 Å². The third-order valence-corrected chi connectivity index (χ3v) is 2.69. The van der Waals surface area contributed by atoms with Crippen LogP contribution in [-0.2, 0) is 9.53 Å². The molecule has 1 N–H and O–H groups in total. The number of benzene rings is 1. The van der Waals surface area contributed by atoms with Crippen LogP contribution in [0.4, 0.5) is 10.5 Å². The van der Waals surface area contributed by atoms with Crippen LogP contribution in [0.5, 0.6) is 5.75 Å². The van der Waals surface area contributed by atoms with Gasteiger partial charge in [0.2, 0.25) is 5.91 Å². The number of hydrogen-bond donors (Lipinski definition) is 1. The lowest BCUT2D eigenvalue weighted by Gasteiger charge is -2.13. The number of carbonyl (C=O) groups excluding carboxylic acids is 2. The summed E-state index contributed by atoms with van der Waals surface area (Å²) >= 11 is 0. The molecule has 0 aliphatic carbocycles. The SMILES string of the molecule is CC(C)Oc1ccc(NC(=O)CN2CCOC2=O)cc1. The second-order valence-corrected chi connectivity index (χ2v) is 4.78. The van der Waals surface area contributed by atoms with Crippen molar-refractivity contribution in [3.8, 4) is 5.75 Å². The number of nitrogens with zero attached hydrogens (tertiary/aromatic N) is 1. The molecule has 0 bridgehead atoms. The molecular formula is C14H18N2O4. The number of nitrogens with one attached hydrogen (secondary N) is 1. The molecule has 1 fully saturated rings. The van der Waals surface area contributed by atoms with Gasteiger partial charge in [-0.3, -0.25) is 9.69 Å². The Labute approximate surface area is 117 Å². The Bertz CT molecular complexity index is 484. The van der Waals surface area contributed by atoms with Crippen molar-refractivity contribution in [3.05, 3.63) is 24.3 Å². The molecule has 6 nitrogen and oxygen atoms in total. The first-order valence-corrected chi connectivity index (χ1v) is 6.53. The first kappa shape index (κ1) is 14.2. The zero-order chi connectivity index (χ0) is 14.5. The highest BCUT2D eigenvalue weighted by Crippen LogP contribution is 2.17. The molecule has 2 rings (SSSR count). The van der Waals surface area contributed by atoms with Crippen molar-refractivity contribution in [2.24, 2.45) is 0 Å². The Morgan fingerprint density at radius 2 is 2.10 bits per heavy atom. The number of hydrogen-bond acceptors (Lipinski definition) is 4. The number of cyclic esters (lactones) is 1. The first-order chi connectivity index (χ1) is 9.54. The maximum Gasteiger partial charge on any atom is 0.410 e. The summed E-state index contributed by atoms with van der Waals surface area (Å²) < 4.78 is 10.3. The van der Waals surface area contributed by atoms with E-state index in [2.05, 4.69) is 5.32 Å². The normalized spacial score (nSPS) is 14.3. The fraction of sp³-hybridized carbons (Fsp3) is 0.429. The number of rotatable bonds is 5. The standard InChI is InChI=1S/C14H18N2O4/c1-10(2)20-12-5-3-11(4-6-12)15-13(17)9-16-7-8-19-14(16)18/h3-6,10H,7-9H2,1-2H3,(H,15,17). The van der Waals surface area contributed by atoms with Gasteiger partial charge in [-0.15, -0.1) is 0 Å². The fourth-order valence-electron chi connectivity index (χ4n) is 1.83. The molecule has 1 aromatic carbocycles. The fourth-order valence-corrected chi connectivity index (χ4v) is 1.83. The summed E-state index contributed by atoms with van der Waals surface area (Å²) in [6, 6.07) is 7.11.